The first kappa shape index (κ1) is 15.1. The zero-order chi connectivity index (χ0) is 14.3. The summed E-state index contributed by atoms with van der Waals surface area (Å²) in [5.74, 6) is -1.36. The molecule has 19 heavy (non-hydrogen) atoms. The van der Waals surface area contributed by atoms with Gasteiger partial charge in [0.2, 0.25) is 5.91 Å². The van der Waals surface area contributed by atoms with E-state index in [2.05, 4.69) is 23.5 Å². The molecule has 0 saturated carbocycles. The number of thiazole rings is 1. The van der Waals surface area contributed by atoms with E-state index in [0.717, 1.165) is 0 Å². The number of nitrogens with one attached hydrogen (secondary N) is 1. The molecule has 0 aliphatic heterocycles. The molecule has 1 heterocycles. The zero-order valence-electron chi connectivity index (χ0n) is 10.5. The Labute approximate surface area is 115 Å². The summed E-state index contributed by atoms with van der Waals surface area (Å²) in [6.45, 7) is 7.47. The molecule has 0 saturated heterocycles. The molecule has 0 aromatic carbocycles. The van der Waals surface area contributed by atoms with Crippen LogP contribution in [-0.4, -0.2) is 22.0 Å². The summed E-state index contributed by atoms with van der Waals surface area (Å²) >= 11 is 1.21. The average molecular weight is 280 g/mol. The predicted octanol–water partition coefficient (Wildman–Crippen LogP) is 2.23. The number of allylic oxidation sites excluding steroid dienone is 2. The molecule has 1 amide bonds. The second-order valence-electron chi connectivity index (χ2n) is 3.90. The van der Waals surface area contributed by atoms with Crippen molar-refractivity contribution in [3.63, 3.8) is 0 Å². The second kappa shape index (κ2) is 7.48. The fourth-order valence-electron chi connectivity index (χ4n) is 1.51. The molecule has 5 nitrogen and oxygen atoms in total. The highest BCUT2D eigenvalue weighted by atomic mass is 32.1. The Bertz CT molecular complexity index is 472. The molecule has 0 aliphatic rings. The van der Waals surface area contributed by atoms with Crippen LogP contribution in [0.5, 0.6) is 0 Å². The minimum Gasteiger partial charge on any atom is -0.476 e. The van der Waals surface area contributed by atoms with Crippen LogP contribution in [0.4, 0.5) is 0 Å². The van der Waals surface area contributed by atoms with Gasteiger partial charge in [0, 0.05) is 11.3 Å². The van der Waals surface area contributed by atoms with Crippen molar-refractivity contribution in [3.05, 3.63) is 41.4 Å². The van der Waals surface area contributed by atoms with E-state index in [1.54, 1.807) is 12.2 Å². The number of rotatable bonds is 8. The molecule has 2 N–H and O–H groups in total. The van der Waals surface area contributed by atoms with E-state index in [9.17, 15) is 9.59 Å². The van der Waals surface area contributed by atoms with E-state index < -0.39 is 5.97 Å². The molecular weight excluding hydrogens is 264 g/mol. The molecule has 1 rings (SSSR count). The minimum atomic E-state index is -1.06. The smallest absolute Gasteiger partial charge is 0.355 e. The Morgan fingerprint density at radius 3 is 2.53 bits per heavy atom. The Hall–Kier alpha value is -1.95. The van der Waals surface area contributed by atoms with E-state index >= 15 is 0 Å². The first-order valence-corrected chi connectivity index (χ1v) is 6.63. The van der Waals surface area contributed by atoms with Crippen LogP contribution in [0.25, 0.3) is 0 Å². The molecule has 0 spiro atoms. The Morgan fingerprint density at radius 2 is 2.05 bits per heavy atom. The summed E-state index contributed by atoms with van der Waals surface area (Å²) in [4.78, 5) is 26.5. The third-order valence-electron chi connectivity index (χ3n) is 2.46. The fraction of sp³-hybridized carbons (Fsp3) is 0.308. The fourth-order valence-corrected chi connectivity index (χ4v) is 2.22. The van der Waals surface area contributed by atoms with Gasteiger partial charge in [-0.25, -0.2) is 9.78 Å². The standard InChI is InChI=1S/C13H16N2O3S/c1-3-5-9(6-4-2)12(16)14-7-11-15-10(8-19-11)13(17)18/h3-4,8-9H,1-2,5-7H2,(H,14,16)(H,17,18). The van der Waals surface area contributed by atoms with Gasteiger partial charge in [0.05, 0.1) is 6.54 Å². The molecule has 0 unspecified atom stereocenters. The molecule has 6 heteroatoms. The van der Waals surface area contributed by atoms with Crippen LogP contribution in [0, 0.1) is 5.92 Å². The molecule has 1 aromatic heterocycles. The van der Waals surface area contributed by atoms with Gasteiger partial charge in [0.25, 0.3) is 0 Å². The van der Waals surface area contributed by atoms with Crippen LogP contribution in [-0.2, 0) is 11.3 Å². The number of nitrogens with zero attached hydrogens (tertiary/aromatic N) is 1. The summed E-state index contributed by atoms with van der Waals surface area (Å²) in [7, 11) is 0. The van der Waals surface area contributed by atoms with Crippen molar-refractivity contribution in [2.75, 3.05) is 0 Å². The Balaban J connectivity index is 2.53. The maximum Gasteiger partial charge on any atom is 0.355 e. The van der Waals surface area contributed by atoms with Crippen molar-refractivity contribution in [1.29, 1.82) is 0 Å². The van der Waals surface area contributed by atoms with Gasteiger partial charge < -0.3 is 10.4 Å². The molecular formula is C13H16N2O3S. The second-order valence-corrected chi connectivity index (χ2v) is 4.84. The molecule has 0 fully saturated rings. The number of aromatic carboxylic acids is 1. The van der Waals surface area contributed by atoms with Gasteiger partial charge >= 0.3 is 5.97 Å². The van der Waals surface area contributed by atoms with Crippen LogP contribution < -0.4 is 5.32 Å². The summed E-state index contributed by atoms with van der Waals surface area (Å²) in [5.41, 5.74) is 0.00276. The van der Waals surface area contributed by atoms with Gasteiger partial charge in [-0.2, -0.15) is 0 Å². The van der Waals surface area contributed by atoms with E-state index in [1.165, 1.54) is 16.7 Å². The lowest BCUT2D eigenvalue weighted by Crippen LogP contribution is -2.29. The van der Waals surface area contributed by atoms with Gasteiger partial charge in [-0.15, -0.1) is 24.5 Å². The van der Waals surface area contributed by atoms with Crippen molar-refractivity contribution < 1.29 is 14.7 Å². The topological polar surface area (TPSA) is 79.3 Å². The van der Waals surface area contributed by atoms with Gasteiger partial charge in [0.15, 0.2) is 5.69 Å². The first-order chi connectivity index (χ1) is 9.08. The first-order valence-electron chi connectivity index (χ1n) is 5.75. The van der Waals surface area contributed by atoms with Crippen LogP contribution in [0.15, 0.2) is 30.7 Å². The summed E-state index contributed by atoms with van der Waals surface area (Å²) in [6, 6.07) is 0. The highest BCUT2D eigenvalue weighted by Gasteiger charge is 2.16. The molecule has 1 aromatic rings. The molecule has 0 radical (unpaired) electrons. The van der Waals surface area contributed by atoms with Crippen molar-refractivity contribution in [3.8, 4) is 0 Å². The van der Waals surface area contributed by atoms with E-state index in [0.29, 0.717) is 17.8 Å². The minimum absolute atomic E-state index is 0.00276. The maximum absolute atomic E-state index is 11.9. The lowest BCUT2D eigenvalue weighted by atomic mass is 10.0. The summed E-state index contributed by atoms with van der Waals surface area (Å²) in [6.07, 6.45) is 4.55. The number of hydrogen-bond acceptors (Lipinski definition) is 4. The monoisotopic (exact) mass is 280 g/mol. The van der Waals surface area contributed by atoms with Crippen molar-refractivity contribution >= 4 is 23.2 Å². The van der Waals surface area contributed by atoms with Crippen LogP contribution >= 0.6 is 11.3 Å². The lowest BCUT2D eigenvalue weighted by molar-refractivity contribution is -0.125. The third-order valence-corrected chi connectivity index (χ3v) is 3.31. The van der Waals surface area contributed by atoms with Crippen molar-refractivity contribution in [1.82, 2.24) is 10.3 Å². The molecule has 0 bridgehead atoms. The van der Waals surface area contributed by atoms with Crippen LogP contribution in [0.2, 0.25) is 0 Å². The number of carbonyl (C=O) groups is 2. The zero-order valence-corrected chi connectivity index (χ0v) is 11.3. The SMILES string of the molecule is C=CCC(CC=C)C(=O)NCc1nc(C(=O)O)cs1. The number of carbonyl (C=O) groups excluding carboxylic acids is 1. The largest absolute Gasteiger partial charge is 0.476 e. The van der Waals surface area contributed by atoms with Gasteiger partial charge in [-0.05, 0) is 12.8 Å². The number of carboxylic acid groups (broad SMARTS) is 1. The summed E-state index contributed by atoms with van der Waals surface area (Å²) in [5, 5.41) is 13.5. The lowest BCUT2D eigenvalue weighted by Gasteiger charge is -2.12. The number of hydrogen-bond donors (Lipinski definition) is 2. The van der Waals surface area contributed by atoms with E-state index in [-0.39, 0.29) is 24.1 Å². The van der Waals surface area contributed by atoms with Gasteiger partial charge in [-0.1, -0.05) is 12.2 Å². The normalized spacial score (nSPS) is 10.2. The molecule has 0 atom stereocenters. The number of amides is 1. The van der Waals surface area contributed by atoms with Crippen LogP contribution in [0.3, 0.4) is 0 Å². The Kier molecular flexibility index (Phi) is 5.95. The molecule has 0 aliphatic carbocycles. The Morgan fingerprint density at radius 1 is 1.42 bits per heavy atom. The van der Waals surface area contributed by atoms with E-state index in [1.807, 2.05) is 0 Å². The van der Waals surface area contributed by atoms with Crippen molar-refractivity contribution in [2.24, 2.45) is 5.92 Å². The summed E-state index contributed by atoms with van der Waals surface area (Å²) < 4.78 is 0. The maximum atomic E-state index is 11.9. The van der Waals surface area contributed by atoms with E-state index in [4.69, 9.17) is 5.11 Å². The average Bonchev–Trinajstić information content (AvgIpc) is 2.84. The number of carboxylic acids is 1. The van der Waals surface area contributed by atoms with Crippen LogP contribution in [0.1, 0.15) is 28.3 Å². The quantitative estimate of drug-likeness (QED) is 0.716. The highest BCUT2D eigenvalue weighted by molar-refractivity contribution is 7.09. The van der Waals surface area contributed by atoms with Crippen molar-refractivity contribution in [2.45, 2.75) is 19.4 Å². The predicted molar refractivity (Wildman–Crippen MR) is 74.0 cm³/mol. The third kappa shape index (κ3) is 4.67. The molecule has 102 valence electrons. The van der Waals surface area contributed by atoms with Gasteiger partial charge in [-0.3, -0.25) is 4.79 Å². The van der Waals surface area contributed by atoms with Gasteiger partial charge in [0.1, 0.15) is 5.01 Å². The number of aromatic nitrogens is 1. The highest BCUT2D eigenvalue weighted by Crippen LogP contribution is 2.12.